The summed E-state index contributed by atoms with van der Waals surface area (Å²) in [6.07, 6.45) is -1.20. The number of aliphatic imine (C=N–C) groups is 1. The van der Waals surface area contributed by atoms with Gasteiger partial charge in [-0.25, -0.2) is 0 Å². The van der Waals surface area contributed by atoms with Gasteiger partial charge in [-0.1, -0.05) is 6.07 Å². The van der Waals surface area contributed by atoms with Crippen molar-refractivity contribution in [3.8, 4) is 5.75 Å². The van der Waals surface area contributed by atoms with E-state index in [2.05, 4.69) is 0 Å². The number of hydrogen-bond acceptors (Lipinski definition) is 7. The number of amides is 1. The number of ether oxygens (including phenoxy) is 2. The Morgan fingerprint density at radius 2 is 2.17 bits per heavy atom. The van der Waals surface area contributed by atoms with Gasteiger partial charge in [0.05, 0.1) is 44.4 Å². The standard InChI is InChI=1S/C21H22N2O6/c1-9(24)16-15-12-8-29-18-17(25)21(12,15)14(22-16)7-20(18)11-5-4-10(27-2)6-13(11)23(28-3)19(20)26/h4-6,12,14-15,17-18,25H,7-8H2,1-3H3. The SMILES string of the molecule is COc1ccc2c(c1)N(OC)C(=O)C21CC2N=C(C(C)=O)C3C4COC1C(O)C243. The minimum atomic E-state index is -1.11. The van der Waals surface area contributed by atoms with Crippen LogP contribution in [0.25, 0.3) is 0 Å². The van der Waals surface area contributed by atoms with Crippen LogP contribution in [0.5, 0.6) is 5.75 Å². The summed E-state index contributed by atoms with van der Waals surface area (Å²) >= 11 is 0. The number of nitrogens with zero attached hydrogens (tertiary/aromatic N) is 2. The van der Waals surface area contributed by atoms with E-state index in [4.69, 9.17) is 19.3 Å². The van der Waals surface area contributed by atoms with E-state index in [1.807, 2.05) is 6.07 Å². The minimum Gasteiger partial charge on any atom is -0.497 e. The van der Waals surface area contributed by atoms with E-state index in [0.717, 1.165) is 5.56 Å². The van der Waals surface area contributed by atoms with Gasteiger partial charge in [-0.3, -0.25) is 19.4 Å². The van der Waals surface area contributed by atoms with Crippen molar-refractivity contribution in [3.05, 3.63) is 23.8 Å². The van der Waals surface area contributed by atoms with Crippen LogP contribution < -0.4 is 9.80 Å². The van der Waals surface area contributed by atoms with Crippen LogP contribution in [0.1, 0.15) is 18.9 Å². The molecule has 6 rings (SSSR count). The predicted molar refractivity (Wildman–Crippen MR) is 101 cm³/mol. The smallest absolute Gasteiger partial charge is 0.264 e. The number of benzene rings is 1. The molecule has 1 saturated heterocycles. The highest BCUT2D eigenvalue weighted by molar-refractivity contribution is 6.41. The Bertz CT molecular complexity index is 1010. The van der Waals surface area contributed by atoms with E-state index < -0.39 is 23.0 Å². The van der Waals surface area contributed by atoms with E-state index in [1.165, 1.54) is 19.1 Å². The molecule has 7 unspecified atom stereocenters. The number of Topliss-reactive ketones (excluding diaryl/α,β-unsaturated/α-hetero) is 1. The zero-order valence-electron chi connectivity index (χ0n) is 16.4. The number of hydrogen-bond donors (Lipinski definition) is 1. The molecule has 3 fully saturated rings. The van der Waals surface area contributed by atoms with Crippen molar-refractivity contribution in [2.75, 3.05) is 25.9 Å². The number of ketones is 1. The lowest BCUT2D eigenvalue weighted by Gasteiger charge is -2.51. The molecule has 1 aromatic rings. The van der Waals surface area contributed by atoms with Crippen LogP contribution in [0.15, 0.2) is 23.2 Å². The fraction of sp³-hybridized carbons (Fsp3) is 0.571. The highest BCUT2D eigenvalue weighted by atomic mass is 16.7. The molecule has 8 nitrogen and oxygen atoms in total. The number of hydroxylamine groups is 1. The molecule has 0 aromatic heterocycles. The first-order valence-electron chi connectivity index (χ1n) is 9.88. The van der Waals surface area contributed by atoms with Crippen molar-refractivity contribution in [1.29, 1.82) is 0 Å². The summed E-state index contributed by atoms with van der Waals surface area (Å²) in [5.41, 5.74) is 0.297. The normalized spacial score (nSPS) is 43.2. The molecule has 152 valence electrons. The first-order valence-corrected chi connectivity index (χ1v) is 9.88. The van der Waals surface area contributed by atoms with Crippen molar-refractivity contribution >= 4 is 23.1 Å². The molecule has 2 bridgehead atoms. The first kappa shape index (κ1) is 17.6. The number of fused-ring (bicyclic) bond motifs is 5. The number of carbonyl (C=O) groups is 2. The van der Waals surface area contributed by atoms with Gasteiger partial charge >= 0.3 is 0 Å². The van der Waals surface area contributed by atoms with Crippen LogP contribution in [0.3, 0.4) is 0 Å². The van der Waals surface area contributed by atoms with Crippen molar-refractivity contribution in [2.24, 2.45) is 22.2 Å². The Labute approximate surface area is 167 Å². The number of anilines is 1. The Morgan fingerprint density at radius 1 is 1.38 bits per heavy atom. The highest BCUT2D eigenvalue weighted by Gasteiger charge is 2.85. The molecule has 1 N–H and O–H groups in total. The van der Waals surface area contributed by atoms with Gasteiger partial charge in [0, 0.05) is 30.2 Å². The van der Waals surface area contributed by atoms with Gasteiger partial charge < -0.3 is 14.6 Å². The number of aliphatic hydroxyl groups is 1. The van der Waals surface area contributed by atoms with E-state index in [-0.39, 0.29) is 29.6 Å². The van der Waals surface area contributed by atoms with Crippen molar-refractivity contribution in [2.45, 2.75) is 37.0 Å². The summed E-state index contributed by atoms with van der Waals surface area (Å²) in [4.78, 5) is 36.0. The highest BCUT2D eigenvalue weighted by Crippen LogP contribution is 2.75. The average molecular weight is 398 g/mol. The molecule has 7 atom stereocenters. The quantitative estimate of drug-likeness (QED) is 0.803. The maximum Gasteiger partial charge on any atom is 0.264 e. The second-order valence-corrected chi connectivity index (χ2v) is 8.71. The fourth-order valence-electron chi connectivity index (χ4n) is 6.76. The van der Waals surface area contributed by atoms with Crippen molar-refractivity contribution in [1.82, 2.24) is 0 Å². The molecule has 3 heterocycles. The van der Waals surface area contributed by atoms with Gasteiger partial charge in [-0.05, 0) is 18.1 Å². The van der Waals surface area contributed by atoms with Gasteiger partial charge in [-0.2, -0.15) is 5.06 Å². The molecule has 2 saturated carbocycles. The molecule has 2 spiro atoms. The van der Waals surface area contributed by atoms with E-state index in [0.29, 0.717) is 30.2 Å². The maximum absolute atomic E-state index is 13.7. The van der Waals surface area contributed by atoms with Crippen molar-refractivity contribution in [3.63, 3.8) is 0 Å². The van der Waals surface area contributed by atoms with Crippen LogP contribution in [0, 0.1) is 17.3 Å². The van der Waals surface area contributed by atoms with Crippen LogP contribution in [-0.2, 0) is 24.6 Å². The molecule has 3 aliphatic heterocycles. The van der Waals surface area contributed by atoms with Crippen LogP contribution in [0.2, 0.25) is 0 Å². The third-order valence-electron chi connectivity index (χ3n) is 7.91. The molecule has 1 aromatic carbocycles. The average Bonchev–Trinajstić information content (AvgIpc) is 3.16. The molecule has 5 aliphatic rings. The number of rotatable bonds is 3. The zero-order valence-corrected chi connectivity index (χ0v) is 16.4. The fourth-order valence-corrected chi connectivity index (χ4v) is 6.76. The zero-order chi connectivity index (χ0) is 20.3. The summed E-state index contributed by atoms with van der Waals surface area (Å²) in [5.74, 6) is 0.301. The third kappa shape index (κ3) is 1.68. The molecule has 2 aliphatic carbocycles. The van der Waals surface area contributed by atoms with E-state index in [1.54, 1.807) is 19.2 Å². The monoisotopic (exact) mass is 398 g/mol. The Balaban J connectivity index is 1.55. The Hall–Kier alpha value is -2.29. The van der Waals surface area contributed by atoms with Gasteiger partial charge in [-0.15, -0.1) is 0 Å². The van der Waals surface area contributed by atoms with E-state index in [9.17, 15) is 14.7 Å². The number of methoxy groups -OCH3 is 1. The van der Waals surface area contributed by atoms with Crippen LogP contribution in [-0.4, -0.2) is 61.6 Å². The summed E-state index contributed by atoms with van der Waals surface area (Å²) in [6, 6.07) is 5.11. The summed E-state index contributed by atoms with van der Waals surface area (Å²) in [5, 5.41) is 12.7. The molecular formula is C21H22N2O6. The molecular weight excluding hydrogens is 376 g/mol. The first-order chi connectivity index (χ1) is 13.9. The second-order valence-electron chi connectivity index (χ2n) is 8.71. The maximum atomic E-state index is 13.7. The largest absolute Gasteiger partial charge is 0.497 e. The molecule has 1 amide bonds. The third-order valence-corrected chi connectivity index (χ3v) is 7.91. The van der Waals surface area contributed by atoms with Gasteiger partial charge in [0.15, 0.2) is 5.78 Å². The topological polar surface area (TPSA) is 97.7 Å². The lowest BCUT2D eigenvalue weighted by molar-refractivity contribution is -0.181. The summed E-state index contributed by atoms with van der Waals surface area (Å²) in [7, 11) is 3.00. The Kier molecular flexibility index (Phi) is 3.18. The van der Waals surface area contributed by atoms with Crippen LogP contribution >= 0.6 is 0 Å². The molecule has 8 heteroatoms. The summed E-state index contributed by atoms with van der Waals surface area (Å²) in [6.45, 7) is 1.94. The van der Waals surface area contributed by atoms with Crippen LogP contribution in [0.4, 0.5) is 5.69 Å². The minimum absolute atomic E-state index is 0.0623. The van der Waals surface area contributed by atoms with E-state index >= 15 is 0 Å². The summed E-state index contributed by atoms with van der Waals surface area (Å²) < 4.78 is 11.5. The lowest BCUT2D eigenvalue weighted by atomic mass is 9.59. The number of aliphatic hydroxyl groups excluding tert-OH is 1. The second kappa shape index (κ2) is 5.24. The molecule has 29 heavy (non-hydrogen) atoms. The van der Waals surface area contributed by atoms with Gasteiger partial charge in [0.1, 0.15) is 17.3 Å². The van der Waals surface area contributed by atoms with Gasteiger partial charge in [0.25, 0.3) is 5.91 Å². The Morgan fingerprint density at radius 3 is 2.86 bits per heavy atom. The van der Waals surface area contributed by atoms with Crippen molar-refractivity contribution < 1.29 is 29.0 Å². The van der Waals surface area contributed by atoms with Gasteiger partial charge in [0.2, 0.25) is 0 Å². The number of carbonyl (C=O) groups excluding carboxylic acids is 2. The lowest BCUT2D eigenvalue weighted by Crippen LogP contribution is -2.65. The molecule has 0 radical (unpaired) electrons. The predicted octanol–water partition coefficient (Wildman–Crippen LogP) is 0.649.